The lowest BCUT2D eigenvalue weighted by Crippen LogP contribution is -2.48. The number of carbonyl (C=O) groups excluding carboxylic acids is 1. The molecule has 2 unspecified atom stereocenters. The van der Waals surface area contributed by atoms with Crippen LogP contribution < -0.4 is 9.62 Å². The molecule has 2 aromatic rings. The van der Waals surface area contributed by atoms with Gasteiger partial charge in [0.2, 0.25) is 15.9 Å². The first-order chi connectivity index (χ1) is 12.6. The third kappa shape index (κ3) is 5.03. The molecule has 0 aliphatic carbocycles. The smallest absolute Gasteiger partial charge is 0.244 e. The van der Waals surface area contributed by atoms with E-state index in [1.165, 1.54) is 6.92 Å². The number of nitrogens with one attached hydrogen (secondary N) is 1. The number of halogens is 2. The summed E-state index contributed by atoms with van der Waals surface area (Å²) in [6, 6.07) is 10.5. The van der Waals surface area contributed by atoms with Crippen molar-refractivity contribution in [2.24, 2.45) is 0 Å². The van der Waals surface area contributed by atoms with Gasteiger partial charge in [0.25, 0.3) is 0 Å². The largest absolute Gasteiger partial charge is 0.347 e. The molecule has 0 spiro atoms. The van der Waals surface area contributed by atoms with Gasteiger partial charge in [-0.1, -0.05) is 37.3 Å². The van der Waals surface area contributed by atoms with Gasteiger partial charge in [-0.05, 0) is 31.0 Å². The summed E-state index contributed by atoms with van der Waals surface area (Å²) in [7, 11) is -3.92. The van der Waals surface area contributed by atoms with Crippen molar-refractivity contribution < 1.29 is 22.0 Å². The van der Waals surface area contributed by atoms with Crippen LogP contribution in [-0.4, -0.2) is 26.6 Å². The second kappa shape index (κ2) is 8.47. The van der Waals surface area contributed by atoms with Gasteiger partial charge in [0, 0.05) is 6.07 Å². The third-order valence-corrected chi connectivity index (χ3v) is 5.41. The molecular weight excluding hydrogens is 374 g/mol. The topological polar surface area (TPSA) is 66.5 Å². The van der Waals surface area contributed by atoms with Gasteiger partial charge in [0.1, 0.15) is 6.04 Å². The number of amides is 1. The molecule has 2 atom stereocenters. The predicted octanol–water partition coefficient (Wildman–Crippen LogP) is 3.39. The Bertz CT molecular complexity index is 904. The van der Waals surface area contributed by atoms with E-state index in [4.69, 9.17) is 0 Å². The predicted molar refractivity (Wildman–Crippen MR) is 101 cm³/mol. The Hall–Kier alpha value is -2.48. The van der Waals surface area contributed by atoms with Gasteiger partial charge >= 0.3 is 0 Å². The Morgan fingerprint density at radius 1 is 1.11 bits per heavy atom. The average molecular weight is 396 g/mol. The van der Waals surface area contributed by atoms with Crippen molar-refractivity contribution in [2.75, 3.05) is 10.6 Å². The molecule has 2 rings (SSSR count). The van der Waals surface area contributed by atoms with Gasteiger partial charge in [-0.25, -0.2) is 17.2 Å². The second-order valence-electron chi connectivity index (χ2n) is 6.21. The summed E-state index contributed by atoms with van der Waals surface area (Å²) in [5.41, 5.74) is 0.770. The molecule has 0 fully saturated rings. The van der Waals surface area contributed by atoms with E-state index in [-0.39, 0.29) is 11.7 Å². The summed E-state index contributed by atoms with van der Waals surface area (Å²) < 4.78 is 52.0. The normalized spacial score (nSPS) is 13.7. The first-order valence-corrected chi connectivity index (χ1v) is 10.3. The first-order valence-electron chi connectivity index (χ1n) is 8.45. The lowest BCUT2D eigenvalue weighted by atomic mass is 10.0. The average Bonchev–Trinajstić information content (AvgIpc) is 2.62. The molecule has 1 amide bonds. The zero-order valence-electron chi connectivity index (χ0n) is 15.3. The van der Waals surface area contributed by atoms with Crippen molar-refractivity contribution in [1.29, 1.82) is 0 Å². The van der Waals surface area contributed by atoms with Gasteiger partial charge in [-0.3, -0.25) is 9.10 Å². The zero-order valence-corrected chi connectivity index (χ0v) is 16.1. The molecule has 8 heteroatoms. The summed E-state index contributed by atoms with van der Waals surface area (Å²) >= 11 is 0. The molecule has 2 aromatic carbocycles. The van der Waals surface area contributed by atoms with Gasteiger partial charge in [-0.2, -0.15) is 0 Å². The molecule has 0 bridgehead atoms. The highest BCUT2D eigenvalue weighted by molar-refractivity contribution is 7.92. The Morgan fingerprint density at radius 2 is 1.74 bits per heavy atom. The minimum atomic E-state index is -3.92. The molecule has 0 radical (unpaired) electrons. The Morgan fingerprint density at radius 3 is 2.26 bits per heavy atom. The van der Waals surface area contributed by atoms with Crippen LogP contribution in [0.2, 0.25) is 0 Å². The summed E-state index contributed by atoms with van der Waals surface area (Å²) in [5, 5.41) is 2.82. The van der Waals surface area contributed by atoms with Gasteiger partial charge in [0.15, 0.2) is 11.6 Å². The van der Waals surface area contributed by atoms with Crippen LogP contribution in [0, 0.1) is 11.6 Å². The zero-order chi connectivity index (χ0) is 20.2. The van der Waals surface area contributed by atoms with Crippen LogP contribution in [-0.2, 0) is 14.8 Å². The van der Waals surface area contributed by atoms with Crippen LogP contribution in [0.25, 0.3) is 0 Å². The molecule has 0 heterocycles. The number of benzene rings is 2. The van der Waals surface area contributed by atoms with Crippen molar-refractivity contribution in [3.05, 3.63) is 65.7 Å². The maximum Gasteiger partial charge on any atom is 0.244 e. The van der Waals surface area contributed by atoms with E-state index < -0.39 is 33.6 Å². The highest BCUT2D eigenvalue weighted by Gasteiger charge is 2.30. The minimum Gasteiger partial charge on any atom is -0.347 e. The van der Waals surface area contributed by atoms with Crippen molar-refractivity contribution in [3.63, 3.8) is 0 Å². The van der Waals surface area contributed by atoms with Crippen LogP contribution in [0.15, 0.2) is 48.5 Å². The quantitative estimate of drug-likeness (QED) is 0.780. The van der Waals surface area contributed by atoms with Crippen molar-refractivity contribution in [2.45, 2.75) is 32.4 Å². The summed E-state index contributed by atoms with van der Waals surface area (Å²) in [6.07, 6.45) is 1.51. The number of sulfonamides is 1. The van der Waals surface area contributed by atoms with E-state index in [0.717, 1.165) is 34.3 Å². The third-order valence-electron chi connectivity index (χ3n) is 4.17. The van der Waals surface area contributed by atoms with E-state index in [2.05, 4.69) is 5.32 Å². The maximum absolute atomic E-state index is 13.6. The fourth-order valence-electron chi connectivity index (χ4n) is 2.83. The second-order valence-corrected chi connectivity index (χ2v) is 8.07. The molecule has 0 saturated carbocycles. The standard InChI is InChI=1S/C19H22F2N2O3S/c1-4-18(14-8-6-5-7-9-14)22-19(24)13(2)23(27(3,25)26)15-10-11-16(20)17(21)12-15/h5-13,18H,4H2,1-3H3,(H,22,24). The molecule has 1 N–H and O–H groups in total. The summed E-state index contributed by atoms with van der Waals surface area (Å²) in [4.78, 5) is 12.7. The van der Waals surface area contributed by atoms with Crippen molar-refractivity contribution in [1.82, 2.24) is 5.32 Å². The molecule has 27 heavy (non-hydrogen) atoms. The Balaban J connectivity index is 2.30. The van der Waals surface area contributed by atoms with E-state index in [1.54, 1.807) is 0 Å². The lowest BCUT2D eigenvalue weighted by Gasteiger charge is -2.29. The highest BCUT2D eigenvalue weighted by atomic mass is 32.2. The van der Waals surface area contributed by atoms with Crippen molar-refractivity contribution in [3.8, 4) is 0 Å². The molecule has 0 aliphatic heterocycles. The Kier molecular flexibility index (Phi) is 6.54. The van der Waals surface area contributed by atoms with Gasteiger partial charge in [-0.15, -0.1) is 0 Å². The van der Waals surface area contributed by atoms with Gasteiger partial charge < -0.3 is 5.32 Å². The number of rotatable bonds is 7. The Labute approximate surface area is 158 Å². The van der Waals surface area contributed by atoms with Crippen LogP contribution in [0.4, 0.5) is 14.5 Å². The minimum absolute atomic E-state index is 0.119. The lowest BCUT2D eigenvalue weighted by molar-refractivity contribution is -0.122. The fourth-order valence-corrected chi connectivity index (χ4v) is 4.00. The van der Waals surface area contributed by atoms with Gasteiger partial charge in [0.05, 0.1) is 18.0 Å². The SMILES string of the molecule is CCC(NC(=O)C(C)N(c1ccc(F)c(F)c1)S(C)(=O)=O)c1ccccc1. The van der Waals surface area contributed by atoms with E-state index in [0.29, 0.717) is 6.42 Å². The summed E-state index contributed by atoms with van der Waals surface area (Å²) in [6.45, 7) is 3.29. The fraction of sp³-hybridized carbons (Fsp3) is 0.316. The number of hydrogen-bond donors (Lipinski definition) is 1. The summed E-state index contributed by atoms with van der Waals surface area (Å²) in [5.74, 6) is -2.83. The molecule has 146 valence electrons. The van der Waals surface area contributed by atoms with Crippen LogP contribution in [0.5, 0.6) is 0 Å². The van der Waals surface area contributed by atoms with E-state index >= 15 is 0 Å². The van der Waals surface area contributed by atoms with Crippen LogP contribution in [0.1, 0.15) is 31.9 Å². The molecule has 5 nitrogen and oxygen atoms in total. The molecular formula is C19H22F2N2O3S. The molecule has 0 aromatic heterocycles. The number of carbonyl (C=O) groups is 1. The van der Waals surface area contributed by atoms with Crippen LogP contribution in [0.3, 0.4) is 0 Å². The highest BCUT2D eigenvalue weighted by Crippen LogP contribution is 2.24. The van der Waals surface area contributed by atoms with E-state index in [9.17, 15) is 22.0 Å². The maximum atomic E-state index is 13.6. The number of nitrogens with zero attached hydrogens (tertiary/aromatic N) is 1. The monoisotopic (exact) mass is 396 g/mol. The van der Waals surface area contributed by atoms with Crippen molar-refractivity contribution >= 4 is 21.6 Å². The van der Waals surface area contributed by atoms with E-state index in [1.807, 2.05) is 37.3 Å². The van der Waals surface area contributed by atoms with Crippen LogP contribution >= 0.6 is 0 Å². The molecule has 0 aliphatic rings. The number of hydrogen-bond acceptors (Lipinski definition) is 3. The number of anilines is 1. The molecule has 0 saturated heterocycles. The first kappa shape index (κ1) is 20.8.